The topological polar surface area (TPSA) is 40.5 Å². The molecule has 134 valence electrons. The Bertz CT molecular complexity index is 208. The fourth-order valence-electron chi connectivity index (χ4n) is 2.97. The monoisotopic (exact) mass is 314 g/mol. The molecule has 0 aliphatic heterocycles. The van der Waals surface area contributed by atoms with Gasteiger partial charge in [-0.1, -0.05) is 89.9 Å². The average molecular weight is 315 g/mol. The van der Waals surface area contributed by atoms with Crippen molar-refractivity contribution in [2.45, 2.75) is 122 Å². The number of aliphatic hydroxyl groups is 2. The summed E-state index contributed by atoms with van der Waals surface area (Å²) in [5, 5.41) is 18.3. The summed E-state index contributed by atoms with van der Waals surface area (Å²) in [5.41, 5.74) is -0.473. The molecule has 0 radical (unpaired) electrons. The van der Waals surface area contributed by atoms with Gasteiger partial charge < -0.3 is 10.2 Å². The molecular weight excluding hydrogens is 272 g/mol. The smallest absolute Gasteiger partial charge is 0.0591 e. The van der Waals surface area contributed by atoms with Crippen LogP contribution in [0.4, 0.5) is 0 Å². The van der Waals surface area contributed by atoms with Crippen LogP contribution in [-0.2, 0) is 0 Å². The van der Waals surface area contributed by atoms with Gasteiger partial charge in [0.1, 0.15) is 0 Å². The Morgan fingerprint density at radius 2 is 0.773 bits per heavy atom. The van der Waals surface area contributed by atoms with Gasteiger partial charge in [0.2, 0.25) is 0 Å². The maximum atomic E-state index is 9.62. The van der Waals surface area contributed by atoms with Crippen molar-refractivity contribution in [2.75, 3.05) is 6.61 Å². The van der Waals surface area contributed by atoms with Crippen LogP contribution in [0.3, 0.4) is 0 Å². The summed E-state index contributed by atoms with van der Waals surface area (Å²) in [5.74, 6) is 0. The molecule has 0 amide bonds. The third-order valence-electron chi connectivity index (χ3n) is 4.45. The minimum Gasteiger partial charge on any atom is -0.396 e. The fraction of sp³-hybridized carbons (Fsp3) is 1.00. The molecule has 2 heteroatoms. The predicted octanol–water partition coefficient (Wildman–Crippen LogP) is 5.99. The summed E-state index contributed by atoms with van der Waals surface area (Å²) < 4.78 is 0. The second-order valence-electron chi connectivity index (χ2n) is 7.59. The van der Waals surface area contributed by atoms with E-state index < -0.39 is 5.60 Å². The van der Waals surface area contributed by atoms with E-state index in [9.17, 15) is 5.11 Å². The van der Waals surface area contributed by atoms with Crippen molar-refractivity contribution >= 4 is 0 Å². The first kappa shape index (κ1) is 21.9. The van der Waals surface area contributed by atoms with E-state index in [1.807, 2.05) is 13.8 Å². The maximum absolute atomic E-state index is 9.62. The first-order chi connectivity index (χ1) is 10.6. The van der Waals surface area contributed by atoms with Crippen molar-refractivity contribution in [3.8, 4) is 0 Å². The highest BCUT2D eigenvalue weighted by atomic mass is 16.3. The molecule has 0 heterocycles. The summed E-state index contributed by atoms with van der Waals surface area (Å²) >= 11 is 0. The van der Waals surface area contributed by atoms with E-state index in [2.05, 4.69) is 0 Å². The molecule has 0 aliphatic carbocycles. The van der Waals surface area contributed by atoms with E-state index in [4.69, 9.17) is 5.11 Å². The number of hydrogen-bond acceptors (Lipinski definition) is 2. The molecule has 0 atom stereocenters. The van der Waals surface area contributed by atoms with Crippen LogP contribution in [0, 0.1) is 0 Å². The van der Waals surface area contributed by atoms with Crippen LogP contribution in [-0.4, -0.2) is 22.4 Å². The Balaban J connectivity index is 3.00. The minimum absolute atomic E-state index is 0.361. The Labute approximate surface area is 139 Å². The molecule has 0 aliphatic rings. The van der Waals surface area contributed by atoms with Gasteiger partial charge in [0, 0.05) is 6.61 Å². The lowest BCUT2D eigenvalue weighted by molar-refractivity contribution is 0.0680. The maximum Gasteiger partial charge on any atom is 0.0591 e. The molecule has 0 spiro atoms. The second-order valence-corrected chi connectivity index (χ2v) is 7.59. The summed E-state index contributed by atoms with van der Waals surface area (Å²) in [6, 6.07) is 0. The molecule has 2 N–H and O–H groups in total. The van der Waals surface area contributed by atoms with E-state index in [0.29, 0.717) is 6.61 Å². The predicted molar refractivity (Wildman–Crippen MR) is 97.3 cm³/mol. The van der Waals surface area contributed by atoms with Gasteiger partial charge >= 0.3 is 0 Å². The van der Waals surface area contributed by atoms with E-state index in [1.54, 1.807) is 0 Å². The molecule has 0 aromatic rings. The van der Waals surface area contributed by atoms with Crippen molar-refractivity contribution in [1.82, 2.24) is 0 Å². The fourth-order valence-corrected chi connectivity index (χ4v) is 2.97. The van der Waals surface area contributed by atoms with Crippen LogP contribution >= 0.6 is 0 Å². The third-order valence-corrected chi connectivity index (χ3v) is 4.45. The lowest BCUT2D eigenvalue weighted by atomic mass is 9.99. The van der Waals surface area contributed by atoms with Gasteiger partial charge in [0.15, 0.2) is 0 Å². The van der Waals surface area contributed by atoms with E-state index in [-0.39, 0.29) is 0 Å². The van der Waals surface area contributed by atoms with E-state index in [1.165, 1.54) is 89.9 Å². The summed E-state index contributed by atoms with van der Waals surface area (Å²) in [6.07, 6.45) is 20.7. The van der Waals surface area contributed by atoms with Crippen molar-refractivity contribution in [2.24, 2.45) is 0 Å². The van der Waals surface area contributed by atoms with Gasteiger partial charge in [0.25, 0.3) is 0 Å². The first-order valence-corrected chi connectivity index (χ1v) is 9.89. The standard InChI is InChI=1S/C20H42O2/c1-20(2,22)18-16-14-12-10-8-6-4-3-5-7-9-11-13-15-17-19-21/h21-22H,3-19H2,1-2H3. The van der Waals surface area contributed by atoms with Crippen molar-refractivity contribution in [1.29, 1.82) is 0 Å². The molecule has 2 nitrogen and oxygen atoms in total. The van der Waals surface area contributed by atoms with Gasteiger partial charge in [-0.2, -0.15) is 0 Å². The van der Waals surface area contributed by atoms with Crippen LogP contribution in [0.2, 0.25) is 0 Å². The molecule has 0 aromatic heterocycles. The quantitative estimate of drug-likeness (QED) is 0.324. The lowest BCUT2D eigenvalue weighted by Crippen LogP contribution is -2.17. The zero-order chi connectivity index (χ0) is 16.5. The molecule has 0 bridgehead atoms. The summed E-state index contributed by atoms with van der Waals surface area (Å²) in [6.45, 7) is 4.17. The van der Waals surface area contributed by atoms with E-state index in [0.717, 1.165) is 12.8 Å². The Morgan fingerprint density at radius 3 is 1.05 bits per heavy atom. The van der Waals surface area contributed by atoms with Crippen molar-refractivity contribution < 1.29 is 10.2 Å². The van der Waals surface area contributed by atoms with Crippen LogP contribution < -0.4 is 0 Å². The molecular formula is C20H42O2. The van der Waals surface area contributed by atoms with Gasteiger partial charge in [-0.3, -0.25) is 0 Å². The number of unbranched alkanes of at least 4 members (excludes halogenated alkanes) is 14. The third kappa shape index (κ3) is 19.9. The number of aliphatic hydroxyl groups excluding tert-OH is 1. The van der Waals surface area contributed by atoms with Crippen LogP contribution in [0.15, 0.2) is 0 Å². The van der Waals surface area contributed by atoms with Gasteiger partial charge in [-0.25, -0.2) is 0 Å². The highest BCUT2D eigenvalue weighted by molar-refractivity contribution is 4.64. The molecule has 0 rings (SSSR count). The summed E-state index contributed by atoms with van der Waals surface area (Å²) in [7, 11) is 0. The van der Waals surface area contributed by atoms with Crippen LogP contribution in [0.1, 0.15) is 117 Å². The Hall–Kier alpha value is -0.0800. The van der Waals surface area contributed by atoms with Gasteiger partial charge in [-0.15, -0.1) is 0 Å². The summed E-state index contributed by atoms with van der Waals surface area (Å²) in [4.78, 5) is 0. The van der Waals surface area contributed by atoms with Gasteiger partial charge in [-0.05, 0) is 26.7 Å². The van der Waals surface area contributed by atoms with Crippen molar-refractivity contribution in [3.05, 3.63) is 0 Å². The SMILES string of the molecule is CC(C)(O)CCCCCCCCCCCCCCCCCO. The zero-order valence-corrected chi connectivity index (χ0v) is 15.4. The molecule has 0 saturated carbocycles. The Kier molecular flexibility index (Phi) is 15.7. The highest BCUT2D eigenvalue weighted by Gasteiger charge is 2.10. The van der Waals surface area contributed by atoms with Gasteiger partial charge in [0.05, 0.1) is 5.60 Å². The first-order valence-electron chi connectivity index (χ1n) is 9.89. The minimum atomic E-state index is -0.473. The molecule has 0 aromatic carbocycles. The van der Waals surface area contributed by atoms with Crippen LogP contribution in [0.25, 0.3) is 0 Å². The van der Waals surface area contributed by atoms with Crippen LogP contribution in [0.5, 0.6) is 0 Å². The lowest BCUT2D eigenvalue weighted by Gasteiger charge is -2.16. The van der Waals surface area contributed by atoms with E-state index >= 15 is 0 Å². The largest absolute Gasteiger partial charge is 0.396 e. The average Bonchev–Trinajstić information content (AvgIpc) is 2.45. The number of rotatable bonds is 17. The highest BCUT2D eigenvalue weighted by Crippen LogP contribution is 2.16. The zero-order valence-electron chi connectivity index (χ0n) is 15.4. The van der Waals surface area contributed by atoms with Crippen molar-refractivity contribution in [3.63, 3.8) is 0 Å². The molecule has 0 saturated heterocycles. The second kappa shape index (κ2) is 15.8. The molecule has 22 heavy (non-hydrogen) atoms. The molecule has 0 unspecified atom stereocenters. The number of hydrogen-bond donors (Lipinski definition) is 2. The molecule has 0 fully saturated rings. The normalized spacial score (nSPS) is 12.0. The Morgan fingerprint density at radius 1 is 0.500 bits per heavy atom.